The Morgan fingerprint density at radius 3 is 2.71 bits per heavy atom. The largest absolute Gasteiger partial charge is 0.382 e. The van der Waals surface area contributed by atoms with Crippen LogP contribution in [0.25, 0.3) is 0 Å². The summed E-state index contributed by atoms with van der Waals surface area (Å²) in [6.07, 6.45) is 0.979. The van der Waals surface area contributed by atoms with Crippen LogP contribution in [0, 0.1) is 0 Å². The number of anilines is 2. The maximum Gasteiger partial charge on any atom is 0.253 e. The van der Waals surface area contributed by atoms with Crippen LogP contribution in [0.2, 0.25) is 0 Å². The summed E-state index contributed by atoms with van der Waals surface area (Å²) in [4.78, 5) is 13.9. The number of carbonyl (C=O) groups excluding carboxylic acids is 1. The first-order valence-electron chi connectivity index (χ1n) is 6.09. The Kier molecular flexibility index (Phi) is 3.52. The minimum absolute atomic E-state index is 0.0852. The van der Waals surface area contributed by atoms with Crippen molar-refractivity contribution in [3.8, 4) is 0 Å². The van der Waals surface area contributed by atoms with Crippen molar-refractivity contribution in [2.45, 2.75) is 13.3 Å². The van der Waals surface area contributed by atoms with Crippen LogP contribution in [0.1, 0.15) is 23.7 Å². The van der Waals surface area contributed by atoms with Gasteiger partial charge in [-0.15, -0.1) is 0 Å². The van der Waals surface area contributed by atoms with Gasteiger partial charge < -0.3 is 15.5 Å². The van der Waals surface area contributed by atoms with Gasteiger partial charge in [-0.1, -0.05) is 6.92 Å². The van der Waals surface area contributed by atoms with Crippen LogP contribution in [0.4, 0.5) is 11.4 Å². The standard InChI is InChI=1S/C13H19N3O/c1-3-8-16(2)13(17)10-4-5-11-12(9-10)15-7-6-14-11/h4-5,9,14-15H,3,6-8H2,1-2H3. The molecule has 2 rings (SSSR count). The van der Waals surface area contributed by atoms with E-state index in [-0.39, 0.29) is 5.91 Å². The average molecular weight is 233 g/mol. The molecular formula is C13H19N3O. The molecule has 1 amide bonds. The van der Waals surface area contributed by atoms with Crippen molar-refractivity contribution < 1.29 is 4.79 Å². The summed E-state index contributed by atoms with van der Waals surface area (Å²) in [7, 11) is 1.84. The van der Waals surface area contributed by atoms with Gasteiger partial charge in [0, 0.05) is 32.2 Å². The van der Waals surface area contributed by atoms with E-state index in [9.17, 15) is 4.79 Å². The fourth-order valence-corrected chi connectivity index (χ4v) is 2.03. The first kappa shape index (κ1) is 11.8. The molecule has 0 aliphatic carbocycles. The summed E-state index contributed by atoms with van der Waals surface area (Å²) >= 11 is 0. The Balaban J connectivity index is 2.19. The number of carbonyl (C=O) groups is 1. The molecule has 4 nitrogen and oxygen atoms in total. The van der Waals surface area contributed by atoms with Crippen molar-refractivity contribution in [3.05, 3.63) is 23.8 Å². The number of hydrogen-bond acceptors (Lipinski definition) is 3. The van der Waals surface area contributed by atoms with Crippen molar-refractivity contribution in [3.63, 3.8) is 0 Å². The van der Waals surface area contributed by atoms with Gasteiger partial charge >= 0.3 is 0 Å². The van der Waals surface area contributed by atoms with Crippen LogP contribution in [0.3, 0.4) is 0 Å². The number of nitrogens with one attached hydrogen (secondary N) is 2. The fourth-order valence-electron chi connectivity index (χ4n) is 2.03. The number of fused-ring (bicyclic) bond motifs is 1. The lowest BCUT2D eigenvalue weighted by Gasteiger charge is -2.22. The minimum Gasteiger partial charge on any atom is -0.382 e. The highest BCUT2D eigenvalue weighted by molar-refractivity contribution is 5.96. The Morgan fingerprint density at radius 1 is 1.29 bits per heavy atom. The first-order valence-corrected chi connectivity index (χ1v) is 6.09. The summed E-state index contributed by atoms with van der Waals surface area (Å²) in [6.45, 7) is 4.69. The average Bonchev–Trinajstić information content (AvgIpc) is 2.37. The molecule has 4 heteroatoms. The third-order valence-corrected chi connectivity index (χ3v) is 2.93. The van der Waals surface area contributed by atoms with Gasteiger partial charge in [-0.05, 0) is 24.6 Å². The van der Waals surface area contributed by atoms with Gasteiger partial charge in [-0.3, -0.25) is 4.79 Å². The monoisotopic (exact) mass is 233 g/mol. The van der Waals surface area contributed by atoms with Crippen LogP contribution in [-0.2, 0) is 0 Å². The zero-order chi connectivity index (χ0) is 12.3. The van der Waals surface area contributed by atoms with Gasteiger partial charge in [0.05, 0.1) is 11.4 Å². The number of rotatable bonds is 3. The number of nitrogens with zero attached hydrogens (tertiary/aromatic N) is 1. The van der Waals surface area contributed by atoms with Crippen molar-refractivity contribution in [2.75, 3.05) is 37.3 Å². The van der Waals surface area contributed by atoms with E-state index in [2.05, 4.69) is 17.6 Å². The van der Waals surface area contributed by atoms with E-state index in [1.807, 2.05) is 25.2 Å². The molecule has 0 spiro atoms. The van der Waals surface area contributed by atoms with E-state index in [0.29, 0.717) is 0 Å². The SMILES string of the molecule is CCCN(C)C(=O)c1ccc2c(c1)NCCN2. The third kappa shape index (κ3) is 2.52. The molecule has 0 aromatic heterocycles. The van der Waals surface area contributed by atoms with E-state index in [0.717, 1.165) is 43.0 Å². The predicted molar refractivity (Wildman–Crippen MR) is 70.7 cm³/mol. The molecule has 1 aliphatic heterocycles. The summed E-state index contributed by atoms with van der Waals surface area (Å²) < 4.78 is 0. The second-order valence-corrected chi connectivity index (χ2v) is 4.34. The summed E-state index contributed by atoms with van der Waals surface area (Å²) in [5.74, 6) is 0.0852. The molecule has 0 saturated heterocycles. The van der Waals surface area contributed by atoms with Crippen molar-refractivity contribution in [1.29, 1.82) is 0 Å². The number of amides is 1. The Bertz CT molecular complexity index is 417. The third-order valence-electron chi connectivity index (χ3n) is 2.93. The Labute approximate surface area is 102 Å². The molecule has 1 aromatic carbocycles. The topological polar surface area (TPSA) is 44.4 Å². The molecule has 1 aliphatic rings. The molecule has 0 unspecified atom stereocenters. The summed E-state index contributed by atoms with van der Waals surface area (Å²) in [6, 6.07) is 5.78. The molecule has 0 bridgehead atoms. The van der Waals surface area contributed by atoms with Gasteiger partial charge in [0.1, 0.15) is 0 Å². The van der Waals surface area contributed by atoms with E-state index in [4.69, 9.17) is 0 Å². The smallest absolute Gasteiger partial charge is 0.253 e. The van der Waals surface area contributed by atoms with Crippen molar-refractivity contribution >= 4 is 17.3 Å². The quantitative estimate of drug-likeness (QED) is 0.839. The predicted octanol–water partition coefficient (Wildman–Crippen LogP) is 2.01. The maximum atomic E-state index is 12.1. The number of hydrogen-bond donors (Lipinski definition) is 2. The van der Waals surface area contributed by atoms with Gasteiger partial charge in [0.25, 0.3) is 5.91 Å². The van der Waals surface area contributed by atoms with Gasteiger partial charge in [-0.2, -0.15) is 0 Å². The molecular weight excluding hydrogens is 214 g/mol. The Hall–Kier alpha value is -1.71. The highest BCUT2D eigenvalue weighted by atomic mass is 16.2. The summed E-state index contributed by atoms with van der Waals surface area (Å²) in [5, 5.41) is 6.59. The summed E-state index contributed by atoms with van der Waals surface area (Å²) in [5.41, 5.74) is 2.84. The van der Waals surface area contributed by atoms with Gasteiger partial charge in [-0.25, -0.2) is 0 Å². The second-order valence-electron chi connectivity index (χ2n) is 4.34. The molecule has 92 valence electrons. The molecule has 2 N–H and O–H groups in total. The van der Waals surface area contributed by atoms with Crippen LogP contribution in [0.15, 0.2) is 18.2 Å². The molecule has 0 saturated carbocycles. The molecule has 17 heavy (non-hydrogen) atoms. The normalized spacial score (nSPS) is 13.3. The van der Waals surface area contributed by atoms with Crippen molar-refractivity contribution in [2.24, 2.45) is 0 Å². The molecule has 0 atom stereocenters. The lowest BCUT2D eigenvalue weighted by Crippen LogP contribution is -2.28. The maximum absolute atomic E-state index is 12.1. The van der Waals surface area contributed by atoms with E-state index >= 15 is 0 Å². The molecule has 1 heterocycles. The second kappa shape index (κ2) is 5.08. The highest BCUT2D eigenvalue weighted by Crippen LogP contribution is 2.25. The van der Waals surface area contributed by atoms with E-state index in [1.54, 1.807) is 4.90 Å². The van der Waals surface area contributed by atoms with Crippen LogP contribution >= 0.6 is 0 Å². The van der Waals surface area contributed by atoms with Crippen LogP contribution < -0.4 is 10.6 Å². The highest BCUT2D eigenvalue weighted by Gasteiger charge is 2.14. The number of benzene rings is 1. The zero-order valence-electron chi connectivity index (χ0n) is 10.4. The Morgan fingerprint density at radius 2 is 2.00 bits per heavy atom. The van der Waals surface area contributed by atoms with E-state index < -0.39 is 0 Å². The minimum atomic E-state index is 0.0852. The lowest BCUT2D eigenvalue weighted by atomic mass is 10.1. The first-order chi connectivity index (χ1) is 8.22. The van der Waals surface area contributed by atoms with E-state index in [1.165, 1.54) is 0 Å². The molecule has 0 radical (unpaired) electrons. The van der Waals surface area contributed by atoms with Gasteiger partial charge in [0.15, 0.2) is 0 Å². The molecule has 0 fully saturated rings. The molecule has 1 aromatic rings. The van der Waals surface area contributed by atoms with Crippen LogP contribution in [-0.4, -0.2) is 37.5 Å². The van der Waals surface area contributed by atoms with Gasteiger partial charge in [0.2, 0.25) is 0 Å². The fraction of sp³-hybridized carbons (Fsp3) is 0.462. The van der Waals surface area contributed by atoms with Crippen LogP contribution in [0.5, 0.6) is 0 Å². The lowest BCUT2D eigenvalue weighted by molar-refractivity contribution is 0.0795. The zero-order valence-corrected chi connectivity index (χ0v) is 10.4. The van der Waals surface area contributed by atoms with Crippen molar-refractivity contribution in [1.82, 2.24) is 4.90 Å².